The molecule has 26 heavy (non-hydrogen) atoms. The first kappa shape index (κ1) is 18.6. The number of ether oxygens (including phenoxy) is 1. The van der Waals surface area contributed by atoms with E-state index in [1.165, 1.54) is 11.1 Å². The van der Waals surface area contributed by atoms with E-state index in [1.807, 2.05) is 30.1 Å². The highest BCUT2D eigenvalue weighted by Gasteiger charge is 2.26. The molecule has 1 aromatic heterocycles. The van der Waals surface area contributed by atoms with E-state index in [0.717, 1.165) is 38.0 Å². The molecule has 1 fully saturated rings. The molecule has 3 rings (SSSR count). The fourth-order valence-electron chi connectivity index (χ4n) is 3.51. The zero-order valence-corrected chi connectivity index (χ0v) is 16.1. The number of nitrogens with zero attached hydrogens (tertiary/aromatic N) is 3. The molecule has 0 aliphatic carbocycles. The maximum atomic E-state index is 13.3. The second-order valence-corrected chi connectivity index (χ2v) is 7.14. The Hall–Kier alpha value is -2.14. The normalized spacial score (nSPS) is 16.8. The Labute approximate surface area is 156 Å². The summed E-state index contributed by atoms with van der Waals surface area (Å²) in [6.45, 7) is 6.23. The van der Waals surface area contributed by atoms with Crippen molar-refractivity contribution in [2.75, 3.05) is 13.2 Å². The van der Waals surface area contributed by atoms with Gasteiger partial charge < -0.3 is 9.64 Å². The molecule has 0 N–H and O–H groups in total. The zero-order valence-electron chi connectivity index (χ0n) is 16.1. The molecule has 0 radical (unpaired) electrons. The van der Waals surface area contributed by atoms with Gasteiger partial charge in [0.2, 0.25) is 0 Å². The number of hydrogen-bond acceptors (Lipinski definition) is 3. The third kappa shape index (κ3) is 4.33. The number of amides is 1. The minimum atomic E-state index is 0.0288. The van der Waals surface area contributed by atoms with E-state index in [1.54, 1.807) is 4.68 Å². The van der Waals surface area contributed by atoms with E-state index in [4.69, 9.17) is 4.74 Å². The highest BCUT2D eigenvalue weighted by Crippen LogP contribution is 2.19. The lowest BCUT2D eigenvalue weighted by Gasteiger charge is -2.26. The maximum Gasteiger partial charge on any atom is 0.272 e. The molecular weight excluding hydrogens is 326 g/mol. The molecule has 140 valence electrons. The van der Waals surface area contributed by atoms with E-state index < -0.39 is 0 Å². The third-order valence-electron chi connectivity index (χ3n) is 5.01. The van der Waals surface area contributed by atoms with Crippen LogP contribution in [-0.4, -0.2) is 39.8 Å². The van der Waals surface area contributed by atoms with Gasteiger partial charge in [-0.1, -0.05) is 37.6 Å². The summed E-state index contributed by atoms with van der Waals surface area (Å²) in [5.41, 5.74) is 4.01. The molecular formula is C21H29N3O2. The van der Waals surface area contributed by atoms with Crippen molar-refractivity contribution in [3.8, 4) is 0 Å². The van der Waals surface area contributed by atoms with E-state index in [-0.39, 0.29) is 12.0 Å². The van der Waals surface area contributed by atoms with Crippen molar-refractivity contribution in [2.45, 2.75) is 52.2 Å². The van der Waals surface area contributed by atoms with Crippen molar-refractivity contribution in [3.05, 3.63) is 52.8 Å². The van der Waals surface area contributed by atoms with Crippen molar-refractivity contribution in [1.82, 2.24) is 14.7 Å². The molecule has 1 aromatic carbocycles. The van der Waals surface area contributed by atoms with E-state index in [2.05, 4.69) is 31.1 Å². The molecule has 1 saturated heterocycles. The van der Waals surface area contributed by atoms with E-state index in [9.17, 15) is 4.79 Å². The van der Waals surface area contributed by atoms with Crippen LogP contribution < -0.4 is 0 Å². The molecule has 2 heterocycles. The first-order chi connectivity index (χ1) is 12.6. The lowest BCUT2D eigenvalue weighted by Crippen LogP contribution is -2.38. The van der Waals surface area contributed by atoms with Crippen molar-refractivity contribution >= 4 is 5.91 Å². The number of carbonyl (C=O) groups excluding carboxylic acids is 1. The molecule has 1 amide bonds. The van der Waals surface area contributed by atoms with E-state index in [0.29, 0.717) is 18.8 Å². The number of rotatable bonds is 7. The number of benzene rings is 1. The lowest BCUT2D eigenvalue weighted by atomic mass is 10.1. The van der Waals surface area contributed by atoms with Crippen LogP contribution in [0.1, 0.15) is 53.5 Å². The van der Waals surface area contributed by atoms with Gasteiger partial charge >= 0.3 is 0 Å². The molecule has 1 aliphatic rings. The molecule has 1 aliphatic heterocycles. The van der Waals surface area contributed by atoms with Gasteiger partial charge in [-0.05, 0) is 43.4 Å². The van der Waals surface area contributed by atoms with Gasteiger partial charge in [0.25, 0.3) is 5.91 Å². The summed E-state index contributed by atoms with van der Waals surface area (Å²) in [6.07, 6.45) is 4.14. The number of aryl methyl sites for hydroxylation is 3. The summed E-state index contributed by atoms with van der Waals surface area (Å²) in [4.78, 5) is 15.2. The van der Waals surface area contributed by atoms with Crippen LogP contribution in [0.3, 0.4) is 0 Å². The highest BCUT2D eigenvalue weighted by molar-refractivity contribution is 5.92. The largest absolute Gasteiger partial charge is 0.376 e. The summed E-state index contributed by atoms with van der Waals surface area (Å²) in [7, 11) is 1.85. The van der Waals surface area contributed by atoms with Crippen LogP contribution in [0.25, 0.3) is 0 Å². The first-order valence-electron chi connectivity index (χ1n) is 9.56. The lowest BCUT2D eigenvalue weighted by molar-refractivity contribution is 0.0498. The Kier molecular flexibility index (Phi) is 6.09. The maximum absolute atomic E-state index is 13.3. The molecule has 0 bridgehead atoms. The average Bonchev–Trinajstić information content (AvgIpc) is 3.25. The van der Waals surface area contributed by atoms with Crippen LogP contribution in [0.2, 0.25) is 0 Å². The average molecular weight is 355 g/mol. The Morgan fingerprint density at radius 3 is 2.88 bits per heavy atom. The number of aromatic nitrogens is 2. The SMILES string of the molecule is CCCc1cc(C(=O)N(Cc2ccccc2C)C[C@H]2CCCO2)n(C)n1. The fourth-order valence-corrected chi connectivity index (χ4v) is 3.51. The Morgan fingerprint density at radius 1 is 1.38 bits per heavy atom. The van der Waals surface area contributed by atoms with Crippen molar-refractivity contribution in [1.29, 1.82) is 0 Å². The molecule has 1 atom stereocenters. The third-order valence-corrected chi connectivity index (χ3v) is 5.01. The van der Waals surface area contributed by atoms with Crippen LogP contribution in [0.5, 0.6) is 0 Å². The smallest absolute Gasteiger partial charge is 0.272 e. The number of hydrogen-bond donors (Lipinski definition) is 0. The van der Waals surface area contributed by atoms with Crippen LogP contribution in [-0.2, 0) is 24.8 Å². The van der Waals surface area contributed by atoms with Crippen LogP contribution >= 0.6 is 0 Å². The molecule has 2 aromatic rings. The topological polar surface area (TPSA) is 47.4 Å². The number of carbonyl (C=O) groups is 1. The van der Waals surface area contributed by atoms with E-state index >= 15 is 0 Å². The predicted molar refractivity (Wildman–Crippen MR) is 102 cm³/mol. The molecule has 5 heteroatoms. The molecule has 5 nitrogen and oxygen atoms in total. The minimum absolute atomic E-state index is 0.0288. The molecule has 0 unspecified atom stereocenters. The Balaban J connectivity index is 1.84. The van der Waals surface area contributed by atoms with Gasteiger partial charge in [0, 0.05) is 26.7 Å². The molecule has 0 saturated carbocycles. The second-order valence-electron chi connectivity index (χ2n) is 7.14. The summed E-state index contributed by atoms with van der Waals surface area (Å²) >= 11 is 0. The van der Waals surface area contributed by atoms with Crippen LogP contribution in [0.15, 0.2) is 30.3 Å². The van der Waals surface area contributed by atoms with Gasteiger partial charge in [0.05, 0.1) is 11.8 Å². The van der Waals surface area contributed by atoms with Crippen molar-refractivity contribution in [2.24, 2.45) is 7.05 Å². The molecule has 0 spiro atoms. The van der Waals surface area contributed by atoms with Crippen molar-refractivity contribution in [3.63, 3.8) is 0 Å². The van der Waals surface area contributed by atoms with Gasteiger partial charge in [-0.25, -0.2) is 0 Å². The van der Waals surface area contributed by atoms with Crippen LogP contribution in [0.4, 0.5) is 0 Å². The summed E-state index contributed by atoms with van der Waals surface area (Å²) < 4.78 is 7.51. The first-order valence-corrected chi connectivity index (χ1v) is 9.56. The summed E-state index contributed by atoms with van der Waals surface area (Å²) in [5.74, 6) is 0.0288. The van der Waals surface area contributed by atoms with Crippen LogP contribution in [0, 0.1) is 6.92 Å². The predicted octanol–water partition coefficient (Wildman–Crippen LogP) is 3.50. The monoisotopic (exact) mass is 355 g/mol. The van der Waals surface area contributed by atoms with Gasteiger partial charge in [0.1, 0.15) is 5.69 Å². The Bertz CT molecular complexity index is 747. The summed E-state index contributed by atoms with van der Waals surface area (Å²) in [5, 5.41) is 4.50. The van der Waals surface area contributed by atoms with Crippen molar-refractivity contribution < 1.29 is 9.53 Å². The van der Waals surface area contributed by atoms with Gasteiger partial charge in [0.15, 0.2) is 0 Å². The standard InChI is InChI=1S/C21H29N3O2/c1-4-8-18-13-20(23(3)22-18)21(25)24(15-19-11-7-12-26-19)14-17-10-6-5-9-16(17)2/h5-6,9-10,13,19H,4,7-8,11-12,14-15H2,1-3H3/t19-/m1/s1. The zero-order chi connectivity index (χ0) is 18.5. The van der Waals surface area contributed by atoms with Gasteiger partial charge in [-0.2, -0.15) is 5.10 Å². The fraction of sp³-hybridized carbons (Fsp3) is 0.524. The minimum Gasteiger partial charge on any atom is -0.376 e. The quantitative estimate of drug-likeness (QED) is 0.764. The highest BCUT2D eigenvalue weighted by atomic mass is 16.5. The Morgan fingerprint density at radius 2 is 2.19 bits per heavy atom. The van der Waals surface area contributed by atoms with Gasteiger partial charge in [-0.3, -0.25) is 9.48 Å². The second kappa shape index (κ2) is 8.49. The van der Waals surface area contributed by atoms with Gasteiger partial charge in [-0.15, -0.1) is 0 Å². The summed E-state index contributed by atoms with van der Waals surface area (Å²) in [6, 6.07) is 10.2.